The van der Waals surface area contributed by atoms with Crippen molar-refractivity contribution in [2.45, 2.75) is 13.0 Å². The number of benzene rings is 1. The summed E-state index contributed by atoms with van der Waals surface area (Å²) in [6.07, 6.45) is 0. The van der Waals surface area contributed by atoms with Crippen molar-refractivity contribution in [3.8, 4) is 5.75 Å². The van der Waals surface area contributed by atoms with Crippen LogP contribution < -0.4 is 14.8 Å². The monoisotopic (exact) mass is 377 g/mol. The molecule has 1 atom stereocenters. The maximum atomic E-state index is 12.3. The molecule has 0 bridgehead atoms. The molecule has 0 radical (unpaired) electrons. The molecule has 0 aliphatic carbocycles. The van der Waals surface area contributed by atoms with Crippen molar-refractivity contribution in [1.29, 1.82) is 0 Å². The Bertz CT molecular complexity index is 588. The van der Waals surface area contributed by atoms with Gasteiger partial charge in [0.05, 0.1) is 11.6 Å². The lowest BCUT2D eigenvalue weighted by Gasteiger charge is -2.28. The third-order valence-corrected chi connectivity index (χ3v) is 5.73. The Balaban J connectivity index is 2.09. The highest BCUT2D eigenvalue weighted by Crippen LogP contribution is 2.28. The van der Waals surface area contributed by atoms with Crippen LogP contribution in [0.15, 0.2) is 22.7 Å². The molecule has 0 amide bonds. The minimum Gasteiger partial charge on any atom is -0.496 e. The first kappa shape index (κ1) is 16.7. The highest BCUT2D eigenvalue weighted by Gasteiger charge is 2.25. The minimum atomic E-state index is -3.46. The Labute approximate surface area is 134 Å². The molecule has 21 heavy (non-hydrogen) atoms. The summed E-state index contributed by atoms with van der Waals surface area (Å²) in [7, 11) is -1.87. The van der Waals surface area contributed by atoms with Gasteiger partial charge in [-0.25, -0.2) is 0 Å². The van der Waals surface area contributed by atoms with Crippen LogP contribution in [0, 0.1) is 0 Å². The first-order valence-electron chi connectivity index (χ1n) is 6.75. The molecule has 8 heteroatoms. The lowest BCUT2D eigenvalue weighted by molar-refractivity contribution is 0.352. The first-order chi connectivity index (χ1) is 9.94. The average Bonchev–Trinajstić information content (AvgIpc) is 2.47. The molecule has 1 heterocycles. The van der Waals surface area contributed by atoms with Gasteiger partial charge in [-0.1, -0.05) is 6.07 Å². The van der Waals surface area contributed by atoms with Crippen molar-refractivity contribution >= 4 is 26.1 Å². The van der Waals surface area contributed by atoms with Crippen LogP contribution in [0.2, 0.25) is 0 Å². The van der Waals surface area contributed by atoms with Gasteiger partial charge in [0.2, 0.25) is 0 Å². The molecule has 2 N–H and O–H groups in total. The third-order valence-electron chi connectivity index (χ3n) is 3.42. The second-order valence-electron chi connectivity index (χ2n) is 4.89. The first-order valence-corrected chi connectivity index (χ1v) is 8.99. The lowest BCUT2D eigenvalue weighted by Crippen LogP contribution is -2.50. The predicted octanol–water partition coefficient (Wildman–Crippen LogP) is 1.26. The number of rotatable bonds is 5. The molecule has 1 aromatic carbocycles. The smallest absolute Gasteiger partial charge is 0.280 e. The van der Waals surface area contributed by atoms with Crippen molar-refractivity contribution in [2.75, 3.05) is 33.3 Å². The summed E-state index contributed by atoms with van der Waals surface area (Å²) in [6.45, 7) is 4.18. The number of nitrogens with zero attached hydrogens (tertiary/aromatic N) is 1. The van der Waals surface area contributed by atoms with Gasteiger partial charge in [-0.15, -0.1) is 0 Å². The molecule has 0 aromatic heterocycles. The molecule has 2 rings (SSSR count). The van der Waals surface area contributed by atoms with E-state index in [1.165, 1.54) is 4.31 Å². The molecular weight excluding hydrogens is 358 g/mol. The predicted molar refractivity (Wildman–Crippen MR) is 85.6 cm³/mol. The van der Waals surface area contributed by atoms with Crippen molar-refractivity contribution < 1.29 is 13.2 Å². The molecule has 1 saturated heterocycles. The Hall–Kier alpha value is -0.670. The van der Waals surface area contributed by atoms with E-state index >= 15 is 0 Å². The van der Waals surface area contributed by atoms with E-state index in [4.69, 9.17) is 4.74 Å². The largest absolute Gasteiger partial charge is 0.496 e. The lowest BCUT2D eigenvalue weighted by atomic mass is 10.1. The molecule has 1 aromatic rings. The Kier molecular flexibility index (Phi) is 5.61. The van der Waals surface area contributed by atoms with Crippen molar-refractivity contribution in [2.24, 2.45) is 0 Å². The quantitative estimate of drug-likeness (QED) is 0.810. The van der Waals surface area contributed by atoms with E-state index in [-0.39, 0.29) is 6.04 Å². The zero-order chi connectivity index (χ0) is 15.5. The van der Waals surface area contributed by atoms with Gasteiger partial charge < -0.3 is 10.1 Å². The van der Waals surface area contributed by atoms with Gasteiger partial charge in [-0.3, -0.25) is 0 Å². The number of ether oxygens (including phenoxy) is 1. The summed E-state index contributed by atoms with van der Waals surface area (Å²) in [6, 6.07) is 5.22. The van der Waals surface area contributed by atoms with Gasteiger partial charge >= 0.3 is 0 Å². The van der Waals surface area contributed by atoms with E-state index in [9.17, 15) is 8.42 Å². The van der Waals surface area contributed by atoms with Gasteiger partial charge in [0.25, 0.3) is 10.2 Å². The fourth-order valence-corrected chi connectivity index (χ4v) is 4.16. The molecular formula is C13H20BrN3O3S. The Morgan fingerprint density at radius 1 is 1.38 bits per heavy atom. The summed E-state index contributed by atoms with van der Waals surface area (Å²) in [5.74, 6) is 0.718. The van der Waals surface area contributed by atoms with E-state index in [0.29, 0.717) is 26.2 Å². The van der Waals surface area contributed by atoms with Gasteiger partial charge in [-0.05, 0) is 40.5 Å². The highest BCUT2D eigenvalue weighted by atomic mass is 79.9. The van der Waals surface area contributed by atoms with Gasteiger partial charge in [0.15, 0.2) is 0 Å². The Morgan fingerprint density at radius 3 is 2.62 bits per heavy atom. The maximum absolute atomic E-state index is 12.3. The van der Waals surface area contributed by atoms with Gasteiger partial charge in [0, 0.05) is 32.2 Å². The van der Waals surface area contributed by atoms with Crippen LogP contribution >= 0.6 is 15.9 Å². The second-order valence-corrected chi connectivity index (χ2v) is 7.44. The van der Waals surface area contributed by atoms with Crippen molar-refractivity contribution in [3.05, 3.63) is 28.2 Å². The highest BCUT2D eigenvalue weighted by molar-refractivity contribution is 9.10. The molecule has 1 unspecified atom stereocenters. The van der Waals surface area contributed by atoms with Crippen LogP contribution in [0.25, 0.3) is 0 Å². The summed E-state index contributed by atoms with van der Waals surface area (Å²) >= 11 is 3.41. The number of hydrogen-bond donors (Lipinski definition) is 2. The Morgan fingerprint density at radius 2 is 2.05 bits per heavy atom. The van der Waals surface area contributed by atoms with E-state index in [0.717, 1.165) is 15.8 Å². The van der Waals surface area contributed by atoms with E-state index in [1.54, 1.807) is 7.11 Å². The SMILES string of the molecule is COc1ccc(C(C)NS(=O)(=O)N2CCNCC2)cc1Br. The molecule has 118 valence electrons. The molecule has 6 nitrogen and oxygen atoms in total. The number of halogens is 1. The van der Waals surface area contributed by atoms with Crippen LogP contribution in [-0.4, -0.2) is 46.0 Å². The number of piperazine rings is 1. The summed E-state index contributed by atoms with van der Waals surface area (Å²) in [4.78, 5) is 0. The number of nitrogens with one attached hydrogen (secondary N) is 2. The van der Waals surface area contributed by atoms with E-state index in [2.05, 4.69) is 26.0 Å². The topological polar surface area (TPSA) is 70.7 Å². The molecule has 1 fully saturated rings. The fraction of sp³-hybridized carbons (Fsp3) is 0.538. The second kappa shape index (κ2) is 7.06. The third kappa shape index (κ3) is 4.17. The maximum Gasteiger partial charge on any atom is 0.280 e. The molecule has 0 spiro atoms. The van der Waals surface area contributed by atoms with Crippen LogP contribution in [0.5, 0.6) is 5.75 Å². The summed E-state index contributed by atoms with van der Waals surface area (Å²) < 4.78 is 34.8. The standard InChI is InChI=1S/C13H20BrN3O3S/c1-10(11-3-4-13(20-2)12(14)9-11)16-21(18,19)17-7-5-15-6-8-17/h3-4,9-10,15-16H,5-8H2,1-2H3. The van der Waals surface area contributed by atoms with Crippen LogP contribution in [0.3, 0.4) is 0 Å². The normalized spacial score (nSPS) is 18.4. The van der Waals surface area contributed by atoms with Crippen LogP contribution in [-0.2, 0) is 10.2 Å². The van der Waals surface area contributed by atoms with Crippen LogP contribution in [0.4, 0.5) is 0 Å². The average molecular weight is 378 g/mol. The van der Waals surface area contributed by atoms with Gasteiger partial charge in [0.1, 0.15) is 5.75 Å². The zero-order valence-electron chi connectivity index (χ0n) is 12.1. The fourth-order valence-electron chi connectivity index (χ4n) is 2.20. The van der Waals surface area contributed by atoms with Crippen molar-refractivity contribution in [1.82, 2.24) is 14.3 Å². The van der Waals surface area contributed by atoms with Gasteiger partial charge in [-0.2, -0.15) is 17.4 Å². The molecule has 1 aliphatic rings. The van der Waals surface area contributed by atoms with Crippen LogP contribution in [0.1, 0.15) is 18.5 Å². The zero-order valence-corrected chi connectivity index (χ0v) is 14.5. The number of methoxy groups -OCH3 is 1. The minimum absolute atomic E-state index is 0.313. The molecule has 0 saturated carbocycles. The van der Waals surface area contributed by atoms with E-state index < -0.39 is 10.2 Å². The van der Waals surface area contributed by atoms with E-state index in [1.807, 2.05) is 25.1 Å². The molecule has 1 aliphatic heterocycles. The summed E-state index contributed by atoms with van der Waals surface area (Å²) in [5, 5.41) is 3.14. The summed E-state index contributed by atoms with van der Waals surface area (Å²) in [5.41, 5.74) is 0.876. The van der Waals surface area contributed by atoms with Crippen molar-refractivity contribution in [3.63, 3.8) is 0 Å². The number of hydrogen-bond acceptors (Lipinski definition) is 4.